The van der Waals surface area contributed by atoms with Crippen molar-refractivity contribution in [1.82, 2.24) is 10.2 Å². The summed E-state index contributed by atoms with van der Waals surface area (Å²) < 4.78 is 0. The van der Waals surface area contributed by atoms with Crippen LogP contribution in [0.25, 0.3) is 0 Å². The van der Waals surface area contributed by atoms with Crippen molar-refractivity contribution in [2.24, 2.45) is 5.92 Å². The van der Waals surface area contributed by atoms with E-state index in [9.17, 15) is 9.59 Å². The van der Waals surface area contributed by atoms with Crippen molar-refractivity contribution in [3.63, 3.8) is 0 Å². The SMILES string of the molecule is C=CCNC(=O)C1CCN(C(=O)Cc2ccccc2C)CC1. The van der Waals surface area contributed by atoms with E-state index in [1.165, 1.54) is 0 Å². The van der Waals surface area contributed by atoms with Crippen LogP contribution in [0.5, 0.6) is 0 Å². The molecule has 0 bridgehead atoms. The summed E-state index contributed by atoms with van der Waals surface area (Å²) >= 11 is 0. The zero-order valence-electron chi connectivity index (χ0n) is 13.2. The third-order valence-corrected chi connectivity index (χ3v) is 4.24. The van der Waals surface area contributed by atoms with Gasteiger partial charge in [0.15, 0.2) is 0 Å². The number of benzene rings is 1. The Kier molecular flexibility index (Phi) is 5.75. The third kappa shape index (κ3) is 4.20. The summed E-state index contributed by atoms with van der Waals surface area (Å²) in [5.41, 5.74) is 2.23. The Balaban J connectivity index is 1.83. The van der Waals surface area contributed by atoms with Crippen molar-refractivity contribution in [3.8, 4) is 0 Å². The van der Waals surface area contributed by atoms with Crippen LogP contribution in [-0.2, 0) is 16.0 Å². The summed E-state index contributed by atoms with van der Waals surface area (Å²) in [5.74, 6) is 0.243. The monoisotopic (exact) mass is 300 g/mol. The van der Waals surface area contributed by atoms with Gasteiger partial charge in [0.1, 0.15) is 0 Å². The molecular formula is C18H24N2O2. The number of nitrogens with zero attached hydrogens (tertiary/aromatic N) is 1. The summed E-state index contributed by atoms with van der Waals surface area (Å²) in [5, 5.41) is 2.83. The molecule has 1 heterocycles. The van der Waals surface area contributed by atoms with Crippen LogP contribution < -0.4 is 5.32 Å². The van der Waals surface area contributed by atoms with Crippen molar-refractivity contribution in [2.45, 2.75) is 26.2 Å². The molecule has 0 aromatic heterocycles. The van der Waals surface area contributed by atoms with Crippen molar-refractivity contribution in [3.05, 3.63) is 48.0 Å². The van der Waals surface area contributed by atoms with Gasteiger partial charge >= 0.3 is 0 Å². The van der Waals surface area contributed by atoms with Crippen molar-refractivity contribution < 1.29 is 9.59 Å². The molecule has 1 aromatic carbocycles. The summed E-state index contributed by atoms with van der Waals surface area (Å²) in [6.45, 7) is 7.45. The van der Waals surface area contributed by atoms with E-state index in [2.05, 4.69) is 11.9 Å². The molecule has 2 amide bonds. The molecule has 0 saturated carbocycles. The fourth-order valence-corrected chi connectivity index (χ4v) is 2.79. The molecule has 0 aliphatic carbocycles. The molecule has 118 valence electrons. The minimum absolute atomic E-state index is 0.0162. The van der Waals surface area contributed by atoms with E-state index < -0.39 is 0 Å². The minimum Gasteiger partial charge on any atom is -0.352 e. The molecule has 2 rings (SSSR count). The number of hydrogen-bond acceptors (Lipinski definition) is 2. The van der Waals surface area contributed by atoms with Crippen LogP contribution in [0, 0.1) is 12.8 Å². The lowest BCUT2D eigenvalue weighted by atomic mass is 9.95. The molecule has 22 heavy (non-hydrogen) atoms. The molecular weight excluding hydrogens is 276 g/mol. The fraction of sp³-hybridized carbons (Fsp3) is 0.444. The second-order valence-corrected chi connectivity index (χ2v) is 5.79. The quantitative estimate of drug-likeness (QED) is 0.846. The average Bonchev–Trinajstić information content (AvgIpc) is 2.55. The van der Waals surface area contributed by atoms with Gasteiger partial charge in [-0.15, -0.1) is 6.58 Å². The van der Waals surface area contributed by atoms with Gasteiger partial charge in [-0.3, -0.25) is 9.59 Å². The summed E-state index contributed by atoms with van der Waals surface area (Å²) in [6, 6.07) is 7.98. The van der Waals surface area contributed by atoms with E-state index in [0.717, 1.165) is 24.0 Å². The smallest absolute Gasteiger partial charge is 0.226 e. The molecule has 4 nitrogen and oxygen atoms in total. The Bertz CT molecular complexity index is 546. The second-order valence-electron chi connectivity index (χ2n) is 5.79. The number of carbonyl (C=O) groups excluding carboxylic acids is 2. The number of hydrogen-bond donors (Lipinski definition) is 1. The van der Waals surface area contributed by atoms with E-state index in [-0.39, 0.29) is 17.7 Å². The molecule has 0 radical (unpaired) electrons. The largest absolute Gasteiger partial charge is 0.352 e. The van der Waals surface area contributed by atoms with Crippen molar-refractivity contribution in [1.29, 1.82) is 0 Å². The molecule has 4 heteroatoms. The van der Waals surface area contributed by atoms with E-state index in [0.29, 0.717) is 26.1 Å². The van der Waals surface area contributed by atoms with Crippen LogP contribution in [0.2, 0.25) is 0 Å². The Labute approximate surface area is 132 Å². The summed E-state index contributed by atoms with van der Waals surface area (Å²) in [7, 11) is 0. The first-order valence-corrected chi connectivity index (χ1v) is 7.82. The number of rotatable bonds is 5. The Hall–Kier alpha value is -2.10. The Morgan fingerprint density at radius 3 is 2.64 bits per heavy atom. The zero-order chi connectivity index (χ0) is 15.9. The first kappa shape index (κ1) is 16.3. The highest BCUT2D eigenvalue weighted by molar-refractivity contribution is 5.81. The van der Waals surface area contributed by atoms with Gasteiger partial charge in [-0.1, -0.05) is 30.3 Å². The first-order chi connectivity index (χ1) is 10.6. The van der Waals surface area contributed by atoms with Gasteiger partial charge in [0.25, 0.3) is 0 Å². The highest BCUT2D eigenvalue weighted by atomic mass is 16.2. The molecule has 0 atom stereocenters. The molecule has 1 saturated heterocycles. The van der Waals surface area contributed by atoms with E-state index in [1.54, 1.807) is 6.08 Å². The lowest BCUT2D eigenvalue weighted by Crippen LogP contribution is -2.43. The number of aryl methyl sites for hydroxylation is 1. The molecule has 1 fully saturated rings. The van der Waals surface area contributed by atoms with Crippen LogP contribution in [0.3, 0.4) is 0 Å². The number of amides is 2. The van der Waals surface area contributed by atoms with Crippen LogP contribution in [0.4, 0.5) is 0 Å². The maximum atomic E-state index is 12.4. The molecule has 0 unspecified atom stereocenters. The van der Waals surface area contributed by atoms with Gasteiger partial charge in [0.05, 0.1) is 6.42 Å². The maximum absolute atomic E-state index is 12.4. The van der Waals surface area contributed by atoms with Crippen LogP contribution in [0.15, 0.2) is 36.9 Å². The topological polar surface area (TPSA) is 49.4 Å². The highest BCUT2D eigenvalue weighted by Crippen LogP contribution is 2.19. The van der Waals surface area contributed by atoms with Crippen molar-refractivity contribution in [2.75, 3.05) is 19.6 Å². The van der Waals surface area contributed by atoms with E-state index in [1.807, 2.05) is 36.1 Å². The van der Waals surface area contributed by atoms with Gasteiger partial charge < -0.3 is 10.2 Å². The normalized spacial score (nSPS) is 15.4. The van der Waals surface area contributed by atoms with Crippen molar-refractivity contribution >= 4 is 11.8 Å². The van der Waals surface area contributed by atoms with Gasteiger partial charge in [-0.25, -0.2) is 0 Å². The fourth-order valence-electron chi connectivity index (χ4n) is 2.79. The molecule has 1 N–H and O–H groups in total. The maximum Gasteiger partial charge on any atom is 0.226 e. The van der Waals surface area contributed by atoms with Gasteiger partial charge in [-0.05, 0) is 30.9 Å². The number of likely N-dealkylation sites (tertiary alicyclic amines) is 1. The molecule has 0 spiro atoms. The lowest BCUT2D eigenvalue weighted by molar-refractivity contribution is -0.135. The first-order valence-electron chi connectivity index (χ1n) is 7.82. The van der Waals surface area contributed by atoms with Crippen LogP contribution >= 0.6 is 0 Å². The molecule has 1 aliphatic rings. The van der Waals surface area contributed by atoms with Crippen LogP contribution in [0.1, 0.15) is 24.0 Å². The number of piperidine rings is 1. The van der Waals surface area contributed by atoms with Gasteiger partial charge in [-0.2, -0.15) is 0 Å². The van der Waals surface area contributed by atoms with Gasteiger partial charge in [0, 0.05) is 25.6 Å². The summed E-state index contributed by atoms with van der Waals surface area (Å²) in [4.78, 5) is 26.2. The highest BCUT2D eigenvalue weighted by Gasteiger charge is 2.27. The lowest BCUT2D eigenvalue weighted by Gasteiger charge is -2.31. The predicted octanol–water partition coefficient (Wildman–Crippen LogP) is 2.08. The Morgan fingerprint density at radius 1 is 1.32 bits per heavy atom. The second kappa shape index (κ2) is 7.78. The van der Waals surface area contributed by atoms with E-state index >= 15 is 0 Å². The minimum atomic E-state index is 0.0162. The Morgan fingerprint density at radius 2 is 2.00 bits per heavy atom. The molecule has 1 aromatic rings. The average molecular weight is 300 g/mol. The van der Waals surface area contributed by atoms with E-state index in [4.69, 9.17) is 0 Å². The van der Waals surface area contributed by atoms with Gasteiger partial charge in [0.2, 0.25) is 11.8 Å². The standard InChI is InChI=1S/C18H24N2O2/c1-3-10-19-18(22)15-8-11-20(12-9-15)17(21)13-16-7-5-4-6-14(16)2/h3-7,15H,1,8-13H2,2H3,(H,19,22). The molecule has 1 aliphatic heterocycles. The third-order valence-electron chi connectivity index (χ3n) is 4.24. The number of nitrogens with one attached hydrogen (secondary N) is 1. The number of carbonyl (C=O) groups is 2. The zero-order valence-corrected chi connectivity index (χ0v) is 13.2. The predicted molar refractivity (Wildman–Crippen MR) is 87.4 cm³/mol. The summed E-state index contributed by atoms with van der Waals surface area (Å²) in [6.07, 6.45) is 3.60. The van der Waals surface area contributed by atoms with Crippen LogP contribution in [-0.4, -0.2) is 36.3 Å².